The molecule has 0 aliphatic carbocycles. The maximum Gasteiger partial charge on any atom is 0.338 e. The molecule has 4 nitrogen and oxygen atoms in total. The molecule has 0 aromatic rings. The van der Waals surface area contributed by atoms with Crippen molar-refractivity contribution >= 4 is 6.03 Å². The van der Waals surface area contributed by atoms with Crippen molar-refractivity contribution in [1.29, 1.82) is 0 Å². The van der Waals surface area contributed by atoms with Crippen molar-refractivity contribution in [1.82, 2.24) is 10.8 Å². The average Bonchev–Trinajstić information content (AvgIpc) is 2.60. The molecule has 0 saturated heterocycles. The van der Waals surface area contributed by atoms with Crippen LogP contribution in [0.15, 0.2) is 24.3 Å². The van der Waals surface area contributed by atoms with Gasteiger partial charge in [0.25, 0.3) is 0 Å². The van der Waals surface area contributed by atoms with Gasteiger partial charge in [-0.25, -0.2) is 10.3 Å². The third-order valence-electron chi connectivity index (χ3n) is 3.84. The number of allylic oxidation sites excluding steroid dienone is 4. The Labute approximate surface area is 149 Å². The Balaban J connectivity index is 3.16. The van der Waals surface area contributed by atoms with E-state index in [4.69, 9.17) is 4.84 Å². The first-order chi connectivity index (χ1) is 11.8. The minimum atomic E-state index is -0.296. The van der Waals surface area contributed by atoms with Gasteiger partial charge in [-0.1, -0.05) is 69.8 Å². The summed E-state index contributed by atoms with van der Waals surface area (Å²) in [5.74, 6) is 0. The molecule has 0 radical (unpaired) electrons. The van der Waals surface area contributed by atoms with Crippen molar-refractivity contribution < 1.29 is 9.63 Å². The Morgan fingerprint density at radius 1 is 0.833 bits per heavy atom. The summed E-state index contributed by atoms with van der Waals surface area (Å²) in [5.41, 5.74) is 2.32. The Morgan fingerprint density at radius 2 is 1.42 bits per heavy atom. The molecule has 0 bridgehead atoms. The van der Waals surface area contributed by atoms with Crippen molar-refractivity contribution in [2.24, 2.45) is 0 Å². The smallest absolute Gasteiger partial charge is 0.338 e. The number of urea groups is 1. The summed E-state index contributed by atoms with van der Waals surface area (Å²) in [6, 6.07) is -0.296. The van der Waals surface area contributed by atoms with Gasteiger partial charge in [-0.2, -0.15) is 0 Å². The Bertz CT molecular complexity index is 328. The largest absolute Gasteiger partial charge is 0.339 e. The molecular weight excluding hydrogens is 300 g/mol. The SMILES string of the molecule is CCCCC/C=C\C/C=C\CCCCCCCCONC(=O)NC. The van der Waals surface area contributed by atoms with Crippen LogP contribution < -0.4 is 10.8 Å². The minimum absolute atomic E-state index is 0.296. The van der Waals surface area contributed by atoms with Gasteiger partial charge in [0.15, 0.2) is 0 Å². The van der Waals surface area contributed by atoms with E-state index in [0.717, 1.165) is 19.3 Å². The summed E-state index contributed by atoms with van der Waals surface area (Å²) in [5, 5.41) is 2.44. The molecule has 2 N–H and O–H groups in total. The van der Waals surface area contributed by atoms with E-state index >= 15 is 0 Å². The van der Waals surface area contributed by atoms with Crippen LogP contribution in [0.25, 0.3) is 0 Å². The lowest BCUT2D eigenvalue weighted by Crippen LogP contribution is -2.32. The van der Waals surface area contributed by atoms with Crippen LogP contribution in [0.1, 0.15) is 84.0 Å². The monoisotopic (exact) mass is 338 g/mol. The molecule has 2 amide bonds. The molecule has 0 aromatic carbocycles. The second-order valence-corrected chi connectivity index (χ2v) is 6.11. The van der Waals surface area contributed by atoms with Gasteiger partial charge in [0, 0.05) is 7.05 Å². The molecule has 0 atom stereocenters. The molecule has 24 heavy (non-hydrogen) atoms. The topological polar surface area (TPSA) is 50.4 Å². The highest BCUT2D eigenvalue weighted by Crippen LogP contribution is 2.08. The van der Waals surface area contributed by atoms with E-state index in [1.807, 2.05) is 0 Å². The number of rotatable bonds is 16. The van der Waals surface area contributed by atoms with Crippen LogP contribution in [-0.2, 0) is 4.84 Å². The van der Waals surface area contributed by atoms with Gasteiger partial charge >= 0.3 is 6.03 Å². The van der Waals surface area contributed by atoms with Gasteiger partial charge in [-0.05, 0) is 38.5 Å². The molecular formula is C20H38N2O2. The second-order valence-electron chi connectivity index (χ2n) is 6.11. The van der Waals surface area contributed by atoms with Crippen molar-refractivity contribution in [3.8, 4) is 0 Å². The average molecular weight is 339 g/mol. The van der Waals surface area contributed by atoms with E-state index in [1.54, 1.807) is 7.05 Å². The van der Waals surface area contributed by atoms with Crippen LogP contribution in [0.3, 0.4) is 0 Å². The molecule has 0 aliphatic heterocycles. The first-order valence-corrected chi connectivity index (χ1v) is 9.70. The summed E-state index contributed by atoms with van der Waals surface area (Å²) >= 11 is 0. The lowest BCUT2D eigenvalue weighted by molar-refractivity contribution is 0.0591. The number of carbonyl (C=O) groups excluding carboxylic acids is 1. The predicted octanol–water partition coefficient (Wildman–Crippen LogP) is 5.66. The zero-order valence-electron chi connectivity index (χ0n) is 15.8. The molecule has 0 unspecified atom stereocenters. The molecule has 0 aliphatic rings. The van der Waals surface area contributed by atoms with E-state index in [-0.39, 0.29) is 6.03 Å². The number of hydrogen-bond donors (Lipinski definition) is 2. The summed E-state index contributed by atoms with van der Waals surface area (Å²) in [7, 11) is 1.57. The standard InChI is InChI=1S/C20H38N2O2/c1-3-4-5-6-7-8-9-10-11-12-13-14-15-16-17-18-19-24-22-20(23)21-2/h7-8,10-11H,3-6,9,12-19H2,1-2H3,(H2,21,22,23)/b8-7-,11-10-. The highest BCUT2D eigenvalue weighted by Gasteiger charge is 1.95. The van der Waals surface area contributed by atoms with Crippen LogP contribution in [-0.4, -0.2) is 19.7 Å². The number of nitrogens with one attached hydrogen (secondary N) is 2. The fraction of sp³-hybridized carbons (Fsp3) is 0.750. The van der Waals surface area contributed by atoms with Gasteiger partial charge < -0.3 is 5.32 Å². The Hall–Kier alpha value is -1.29. The van der Waals surface area contributed by atoms with E-state index < -0.39 is 0 Å². The van der Waals surface area contributed by atoms with Crippen molar-refractivity contribution in [2.45, 2.75) is 84.0 Å². The van der Waals surface area contributed by atoms with E-state index in [1.165, 1.54) is 57.8 Å². The molecule has 0 saturated carbocycles. The highest BCUT2D eigenvalue weighted by atomic mass is 16.7. The fourth-order valence-corrected chi connectivity index (χ4v) is 2.33. The highest BCUT2D eigenvalue weighted by molar-refractivity contribution is 5.72. The van der Waals surface area contributed by atoms with Crippen LogP contribution in [0.2, 0.25) is 0 Å². The maximum absolute atomic E-state index is 10.8. The number of unbranched alkanes of at least 4 members (excludes halogenated alkanes) is 9. The van der Waals surface area contributed by atoms with Gasteiger partial charge in [0.05, 0.1) is 6.61 Å². The Kier molecular flexibility index (Phi) is 18.7. The molecule has 0 rings (SSSR count). The van der Waals surface area contributed by atoms with Crippen molar-refractivity contribution in [3.05, 3.63) is 24.3 Å². The minimum Gasteiger partial charge on any atom is -0.339 e. The maximum atomic E-state index is 10.8. The van der Waals surface area contributed by atoms with E-state index in [9.17, 15) is 4.79 Å². The van der Waals surface area contributed by atoms with Gasteiger partial charge in [0.2, 0.25) is 0 Å². The van der Waals surface area contributed by atoms with Crippen molar-refractivity contribution in [3.63, 3.8) is 0 Å². The van der Waals surface area contributed by atoms with Crippen LogP contribution in [0.5, 0.6) is 0 Å². The fourth-order valence-electron chi connectivity index (χ4n) is 2.33. The summed E-state index contributed by atoms with van der Waals surface area (Å²) < 4.78 is 0. The normalized spacial score (nSPS) is 11.4. The molecule has 140 valence electrons. The molecule has 0 spiro atoms. The number of hydrogen-bond acceptors (Lipinski definition) is 2. The zero-order valence-corrected chi connectivity index (χ0v) is 15.8. The van der Waals surface area contributed by atoms with Crippen LogP contribution >= 0.6 is 0 Å². The first kappa shape index (κ1) is 22.7. The van der Waals surface area contributed by atoms with Gasteiger partial charge in [-0.15, -0.1) is 0 Å². The molecule has 4 heteroatoms. The van der Waals surface area contributed by atoms with Crippen molar-refractivity contribution in [2.75, 3.05) is 13.7 Å². The lowest BCUT2D eigenvalue weighted by Gasteiger charge is -2.04. The Morgan fingerprint density at radius 3 is 2.04 bits per heavy atom. The first-order valence-electron chi connectivity index (χ1n) is 9.70. The second kappa shape index (κ2) is 19.8. The molecule has 0 aromatic heterocycles. The van der Waals surface area contributed by atoms with E-state index in [2.05, 4.69) is 42.0 Å². The van der Waals surface area contributed by atoms with Crippen LogP contribution in [0.4, 0.5) is 4.79 Å². The predicted molar refractivity (Wildman–Crippen MR) is 103 cm³/mol. The quantitative estimate of drug-likeness (QED) is 0.217. The molecule has 0 heterocycles. The summed E-state index contributed by atoms with van der Waals surface area (Å²) in [6.45, 7) is 2.83. The number of amides is 2. The zero-order chi connectivity index (χ0) is 17.7. The third-order valence-corrected chi connectivity index (χ3v) is 3.84. The number of hydroxylamine groups is 1. The van der Waals surface area contributed by atoms with Gasteiger partial charge in [0.1, 0.15) is 0 Å². The summed E-state index contributed by atoms with van der Waals surface area (Å²) in [4.78, 5) is 15.9. The van der Waals surface area contributed by atoms with Crippen LogP contribution in [0, 0.1) is 0 Å². The van der Waals surface area contributed by atoms with E-state index in [0.29, 0.717) is 6.61 Å². The lowest BCUT2D eigenvalue weighted by atomic mass is 10.1. The third kappa shape index (κ3) is 18.8. The molecule has 0 fully saturated rings. The number of carbonyl (C=O) groups is 1. The van der Waals surface area contributed by atoms with Gasteiger partial charge in [-0.3, -0.25) is 4.84 Å². The summed E-state index contributed by atoms with van der Waals surface area (Å²) in [6.07, 6.45) is 23.9.